The van der Waals surface area contributed by atoms with E-state index in [0.717, 1.165) is 10.2 Å². The second kappa shape index (κ2) is 5.86. The van der Waals surface area contributed by atoms with Crippen molar-refractivity contribution in [2.24, 2.45) is 0 Å². The van der Waals surface area contributed by atoms with Crippen LogP contribution in [-0.4, -0.2) is 18.6 Å². The molecule has 0 unspecified atom stereocenters. The van der Waals surface area contributed by atoms with Gasteiger partial charge in [-0.3, -0.25) is 9.82 Å². The molecule has 8 heteroatoms. The summed E-state index contributed by atoms with van der Waals surface area (Å²) in [6.07, 6.45) is 0. The van der Waals surface area contributed by atoms with E-state index < -0.39 is 10.0 Å². The van der Waals surface area contributed by atoms with Gasteiger partial charge in [0.25, 0.3) is 10.0 Å². The van der Waals surface area contributed by atoms with Gasteiger partial charge in [0, 0.05) is 21.9 Å². The first-order valence-corrected chi connectivity index (χ1v) is 9.04. The van der Waals surface area contributed by atoms with Gasteiger partial charge in [0.2, 0.25) is 0 Å². The molecule has 0 radical (unpaired) electrons. The number of halogens is 1. The molecule has 0 aliphatic carbocycles. The summed E-state index contributed by atoms with van der Waals surface area (Å²) in [5.74, 6) is 0.713. The van der Waals surface area contributed by atoms with E-state index in [1.54, 1.807) is 31.2 Å². The van der Waals surface area contributed by atoms with Crippen LogP contribution in [-0.2, 0) is 10.0 Å². The Morgan fingerprint density at radius 2 is 2.00 bits per heavy atom. The van der Waals surface area contributed by atoms with E-state index in [1.807, 2.05) is 13.0 Å². The molecule has 0 saturated heterocycles. The van der Waals surface area contributed by atoms with Gasteiger partial charge in [0.15, 0.2) is 5.76 Å². The summed E-state index contributed by atoms with van der Waals surface area (Å²) in [6.45, 7) is 3.47. The van der Waals surface area contributed by atoms with Crippen molar-refractivity contribution in [3.8, 4) is 11.5 Å². The van der Waals surface area contributed by atoms with E-state index in [1.165, 1.54) is 6.07 Å². The minimum absolute atomic E-state index is 0.0909. The summed E-state index contributed by atoms with van der Waals surface area (Å²) in [6, 6.07) is 10.2. The molecule has 120 valence electrons. The highest BCUT2D eigenvalue weighted by molar-refractivity contribution is 9.10. The number of aryl methyl sites for hydroxylation is 2. The van der Waals surface area contributed by atoms with Crippen LogP contribution in [0.5, 0.6) is 0 Å². The van der Waals surface area contributed by atoms with Crippen molar-refractivity contribution >= 4 is 31.6 Å². The van der Waals surface area contributed by atoms with Crippen LogP contribution in [0, 0.1) is 13.8 Å². The van der Waals surface area contributed by atoms with Crippen LogP contribution in [0.2, 0.25) is 0 Å². The maximum atomic E-state index is 12.6. The summed E-state index contributed by atoms with van der Waals surface area (Å²) in [4.78, 5) is 0.0909. The average molecular weight is 396 g/mol. The standard InChI is InChI=1S/C15H14BrN3O3S/c1-9-6-13(18-17-9)14-8-15(10(2)22-14)23(20,21)19-12-5-3-4-11(16)7-12/h3-8,19H,1-2H3,(H,17,18). The van der Waals surface area contributed by atoms with Crippen molar-refractivity contribution in [1.82, 2.24) is 10.2 Å². The van der Waals surface area contributed by atoms with Crippen molar-refractivity contribution in [2.75, 3.05) is 4.72 Å². The number of nitrogens with one attached hydrogen (secondary N) is 2. The molecule has 2 aromatic heterocycles. The lowest BCUT2D eigenvalue weighted by Crippen LogP contribution is -2.13. The van der Waals surface area contributed by atoms with E-state index in [9.17, 15) is 8.42 Å². The van der Waals surface area contributed by atoms with Crippen LogP contribution in [0.15, 0.2) is 50.2 Å². The Morgan fingerprint density at radius 3 is 2.65 bits per heavy atom. The lowest BCUT2D eigenvalue weighted by Gasteiger charge is -2.07. The molecular formula is C15H14BrN3O3S. The van der Waals surface area contributed by atoms with Crippen LogP contribution in [0.1, 0.15) is 11.5 Å². The molecule has 0 fully saturated rings. The zero-order valence-corrected chi connectivity index (χ0v) is 14.8. The maximum absolute atomic E-state index is 12.6. The topological polar surface area (TPSA) is 88.0 Å². The predicted molar refractivity (Wildman–Crippen MR) is 90.7 cm³/mol. The third-order valence-corrected chi connectivity index (χ3v) is 5.18. The third kappa shape index (κ3) is 3.32. The Bertz CT molecular complexity index is 960. The Kier molecular flexibility index (Phi) is 4.03. The molecule has 0 saturated carbocycles. The molecule has 0 bridgehead atoms. The number of hydrogen-bond acceptors (Lipinski definition) is 4. The van der Waals surface area contributed by atoms with Gasteiger partial charge in [-0.1, -0.05) is 22.0 Å². The Balaban J connectivity index is 1.95. The van der Waals surface area contributed by atoms with Gasteiger partial charge in [-0.05, 0) is 38.1 Å². The summed E-state index contributed by atoms with van der Waals surface area (Å²) < 4.78 is 34.0. The van der Waals surface area contributed by atoms with Crippen molar-refractivity contribution in [2.45, 2.75) is 18.7 Å². The number of sulfonamides is 1. The van der Waals surface area contributed by atoms with E-state index in [2.05, 4.69) is 30.8 Å². The number of anilines is 1. The van der Waals surface area contributed by atoms with Crippen molar-refractivity contribution in [3.05, 3.63) is 52.3 Å². The van der Waals surface area contributed by atoms with Crippen molar-refractivity contribution in [3.63, 3.8) is 0 Å². The normalized spacial score (nSPS) is 11.6. The average Bonchev–Trinajstić information content (AvgIpc) is 3.04. The molecular weight excluding hydrogens is 382 g/mol. The highest BCUT2D eigenvalue weighted by Crippen LogP contribution is 2.29. The maximum Gasteiger partial charge on any atom is 0.265 e. The van der Waals surface area contributed by atoms with Gasteiger partial charge in [-0.2, -0.15) is 5.10 Å². The number of rotatable bonds is 4. The van der Waals surface area contributed by atoms with Gasteiger partial charge < -0.3 is 4.42 Å². The second-order valence-electron chi connectivity index (χ2n) is 5.08. The van der Waals surface area contributed by atoms with Crippen LogP contribution in [0.3, 0.4) is 0 Å². The Labute approximate surface area is 142 Å². The molecule has 2 N–H and O–H groups in total. The van der Waals surface area contributed by atoms with E-state index in [-0.39, 0.29) is 4.90 Å². The molecule has 0 amide bonds. The molecule has 0 atom stereocenters. The first kappa shape index (κ1) is 15.8. The second-order valence-corrected chi connectivity index (χ2v) is 7.65. The van der Waals surface area contributed by atoms with Crippen LogP contribution >= 0.6 is 15.9 Å². The minimum atomic E-state index is -3.74. The van der Waals surface area contributed by atoms with Crippen LogP contribution < -0.4 is 4.72 Å². The van der Waals surface area contributed by atoms with E-state index >= 15 is 0 Å². The molecule has 3 rings (SSSR count). The van der Waals surface area contributed by atoms with Gasteiger partial charge >= 0.3 is 0 Å². The first-order chi connectivity index (χ1) is 10.8. The van der Waals surface area contributed by atoms with Gasteiger partial charge in [-0.25, -0.2) is 8.42 Å². The third-order valence-electron chi connectivity index (χ3n) is 3.20. The Hall–Kier alpha value is -2.06. The van der Waals surface area contributed by atoms with Crippen molar-refractivity contribution in [1.29, 1.82) is 0 Å². The van der Waals surface area contributed by atoms with Gasteiger partial charge in [0.05, 0.1) is 0 Å². The molecule has 0 aliphatic heterocycles. The fraction of sp³-hybridized carbons (Fsp3) is 0.133. The number of aromatic amines is 1. The Morgan fingerprint density at radius 1 is 1.22 bits per heavy atom. The lowest BCUT2D eigenvalue weighted by atomic mass is 10.3. The fourth-order valence-corrected chi connectivity index (χ4v) is 3.79. The van der Waals surface area contributed by atoms with Crippen LogP contribution in [0.25, 0.3) is 11.5 Å². The number of H-pyrrole nitrogens is 1. The number of hydrogen-bond donors (Lipinski definition) is 2. The highest BCUT2D eigenvalue weighted by Gasteiger charge is 2.23. The van der Waals surface area contributed by atoms with E-state index in [4.69, 9.17) is 4.42 Å². The smallest absolute Gasteiger partial charge is 0.265 e. The molecule has 2 heterocycles. The molecule has 23 heavy (non-hydrogen) atoms. The summed E-state index contributed by atoms with van der Waals surface area (Å²) in [5.41, 5.74) is 1.90. The zero-order chi connectivity index (χ0) is 16.6. The monoisotopic (exact) mass is 395 g/mol. The molecule has 0 spiro atoms. The number of benzene rings is 1. The summed E-state index contributed by atoms with van der Waals surface area (Å²) in [5, 5.41) is 6.88. The first-order valence-electron chi connectivity index (χ1n) is 6.76. The minimum Gasteiger partial charge on any atom is -0.458 e. The van der Waals surface area contributed by atoms with E-state index in [0.29, 0.717) is 22.9 Å². The zero-order valence-electron chi connectivity index (χ0n) is 12.4. The lowest BCUT2D eigenvalue weighted by molar-refractivity contribution is 0.534. The summed E-state index contributed by atoms with van der Waals surface area (Å²) in [7, 11) is -3.74. The molecule has 1 aromatic carbocycles. The quantitative estimate of drug-likeness (QED) is 0.701. The number of furan rings is 1. The SMILES string of the molecule is Cc1cc(-c2cc(S(=O)(=O)Nc3cccc(Br)c3)c(C)o2)n[nH]1. The molecule has 6 nitrogen and oxygen atoms in total. The van der Waals surface area contributed by atoms with Gasteiger partial charge in [0.1, 0.15) is 16.3 Å². The largest absolute Gasteiger partial charge is 0.458 e. The number of aromatic nitrogens is 2. The summed E-state index contributed by atoms with van der Waals surface area (Å²) >= 11 is 3.31. The fourth-order valence-electron chi connectivity index (χ4n) is 2.16. The van der Waals surface area contributed by atoms with Crippen LogP contribution in [0.4, 0.5) is 5.69 Å². The number of nitrogens with zero attached hydrogens (tertiary/aromatic N) is 1. The molecule has 3 aromatic rings. The van der Waals surface area contributed by atoms with Gasteiger partial charge in [-0.15, -0.1) is 0 Å². The predicted octanol–water partition coefficient (Wildman–Crippen LogP) is 3.85. The van der Waals surface area contributed by atoms with Crippen molar-refractivity contribution < 1.29 is 12.8 Å². The highest BCUT2D eigenvalue weighted by atomic mass is 79.9. The molecule has 0 aliphatic rings.